The van der Waals surface area contributed by atoms with Crippen molar-refractivity contribution in [2.45, 2.75) is 0 Å². The molecular weight excluding hydrogens is 294 g/mol. The van der Waals surface area contributed by atoms with Crippen LogP contribution in [0.3, 0.4) is 0 Å². The minimum Gasteiger partial charge on any atom is -0.322 e. The molecule has 0 spiro atoms. The Kier molecular flexibility index (Phi) is 4.16. The van der Waals surface area contributed by atoms with Gasteiger partial charge < -0.3 is 5.32 Å². The molecule has 0 aliphatic rings. The molecule has 21 heavy (non-hydrogen) atoms. The van der Waals surface area contributed by atoms with Gasteiger partial charge in [-0.05, 0) is 24.3 Å². The second-order valence-corrected chi connectivity index (χ2v) is 4.48. The maximum Gasteiger partial charge on any atom is 0.270 e. The number of nitriles is 1. The Bertz CT molecular complexity index is 768. The molecule has 2 aromatic rings. The van der Waals surface area contributed by atoms with E-state index in [-0.39, 0.29) is 16.3 Å². The van der Waals surface area contributed by atoms with Crippen molar-refractivity contribution in [2.75, 3.05) is 5.32 Å². The van der Waals surface area contributed by atoms with Crippen LogP contribution < -0.4 is 5.32 Å². The molecule has 6 nitrogen and oxygen atoms in total. The number of anilines is 1. The van der Waals surface area contributed by atoms with E-state index >= 15 is 0 Å². The van der Waals surface area contributed by atoms with Gasteiger partial charge in [0.1, 0.15) is 0 Å². The number of nitrogens with zero attached hydrogens (tertiary/aromatic N) is 2. The van der Waals surface area contributed by atoms with Gasteiger partial charge in [0, 0.05) is 17.8 Å². The summed E-state index contributed by atoms with van der Waals surface area (Å²) in [5.74, 6) is -0.509. The average molecular weight is 302 g/mol. The molecule has 0 saturated heterocycles. The van der Waals surface area contributed by atoms with E-state index < -0.39 is 10.8 Å². The molecule has 0 radical (unpaired) electrons. The number of rotatable bonds is 3. The first-order valence-corrected chi connectivity index (χ1v) is 6.14. The molecular formula is C14H8ClN3O3. The second-order valence-electron chi connectivity index (χ2n) is 4.07. The van der Waals surface area contributed by atoms with Gasteiger partial charge in [-0.1, -0.05) is 17.7 Å². The molecule has 104 valence electrons. The largest absolute Gasteiger partial charge is 0.322 e. The van der Waals surface area contributed by atoms with Crippen molar-refractivity contribution in [3.8, 4) is 6.07 Å². The number of nitrogens with one attached hydrogen (secondary N) is 1. The van der Waals surface area contributed by atoms with Gasteiger partial charge >= 0.3 is 0 Å². The number of hydrogen-bond acceptors (Lipinski definition) is 4. The minimum absolute atomic E-state index is 0.0156. The molecule has 2 aromatic carbocycles. The number of nitro benzene ring substituents is 1. The fraction of sp³-hybridized carbons (Fsp3) is 0. The maximum absolute atomic E-state index is 12.1. The van der Waals surface area contributed by atoms with Gasteiger partial charge in [-0.15, -0.1) is 0 Å². The maximum atomic E-state index is 12.1. The van der Waals surface area contributed by atoms with Crippen molar-refractivity contribution in [2.24, 2.45) is 0 Å². The lowest BCUT2D eigenvalue weighted by Gasteiger charge is -2.07. The molecule has 0 aliphatic carbocycles. The quantitative estimate of drug-likeness (QED) is 0.694. The topological polar surface area (TPSA) is 96.0 Å². The number of hydrogen-bond donors (Lipinski definition) is 1. The minimum atomic E-state index is -0.593. The van der Waals surface area contributed by atoms with Crippen molar-refractivity contribution in [3.63, 3.8) is 0 Å². The van der Waals surface area contributed by atoms with Crippen molar-refractivity contribution >= 4 is 28.9 Å². The molecule has 0 atom stereocenters. The van der Waals surface area contributed by atoms with Crippen LogP contribution in [0.4, 0.5) is 11.4 Å². The molecule has 0 heterocycles. The normalized spacial score (nSPS) is 9.71. The van der Waals surface area contributed by atoms with E-state index in [1.807, 2.05) is 6.07 Å². The van der Waals surface area contributed by atoms with Crippen molar-refractivity contribution < 1.29 is 9.72 Å². The summed E-state index contributed by atoms with van der Waals surface area (Å²) >= 11 is 5.88. The van der Waals surface area contributed by atoms with Gasteiger partial charge in [0.25, 0.3) is 11.6 Å². The summed E-state index contributed by atoms with van der Waals surface area (Å²) < 4.78 is 0. The first-order chi connectivity index (χ1) is 10.0. The molecule has 0 aliphatic heterocycles. The Labute approximate surface area is 124 Å². The predicted octanol–water partition coefficient (Wildman–Crippen LogP) is 3.37. The van der Waals surface area contributed by atoms with Crippen molar-refractivity contribution in [1.29, 1.82) is 5.26 Å². The Hall–Kier alpha value is -2.91. The SMILES string of the molecule is N#Cc1cccc(NC(=O)c2ccc([N+](=O)[O-])cc2Cl)c1. The highest BCUT2D eigenvalue weighted by atomic mass is 35.5. The van der Waals surface area contributed by atoms with Gasteiger partial charge in [0.2, 0.25) is 0 Å². The van der Waals surface area contributed by atoms with Crippen LogP contribution in [0.2, 0.25) is 5.02 Å². The van der Waals surface area contributed by atoms with Crippen LogP contribution in [-0.2, 0) is 0 Å². The fourth-order valence-corrected chi connectivity index (χ4v) is 1.93. The summed E-state index contributed by atoms with van der Waals surface area (Å²) in [5.41, 5.74) is 0.767. The molecule has 0 unspecified atom stereocenters. The standard InChI is InChI=1S/C14H8ClN3O3/c15-13-7-11(18(20)21)4-5-12(13)14(19)17-10-3-1-2-9(6-10)8-16/h1-7H,(H,17,19). The van der Waals surface area contributed by atoms with Crippen LogP contribution in [-0.4, -0.2) is 10.8 Å². The lowest BCUT2D eigenvalue weighted by molar-refractivity contribution is -0.384. The van der Waals surface area contributed by atoms with Crippen LogP contribution >= 0.6 is 11.6 Å². The number of nitro groups is 1. The smallest absolute Gasteiger partial charge is 0.270 e. The number of carbonyl (C=O) groups is 1. The van der Waals surface area contributed by atoms with E-state index in [9.17, 15) is 14.9 Å². The summed E-state index contributed by atoms with van der Waals surface area (Å²) in [6.07, 6.45) is 0. The molecule has 2 rings (SSSR count). The van der Waals surface area contributed by atoms with Gasteiger partial charge in [0.15, 0.2) is 0 Å². The predicted molar refractivity (Wildman–Crippen MR) is 77.2 cm³/mol. The van der Waals surface area contributed by atoms with Crippen molar-refractivity contribution in [3.05, 3.63) is 68.7 Å². The van der Waals surface area contributed by atoms with Crippen LogP contribution in [0.1, 0.15) is 15.9 Å². The zero-order valence-electron chi connectivity index (χ0n) is 10.5. The van der Waals surface area contributed by atoms with E-state index in [0.717, 1.165) is 6.07 Å². The molecule has 0 bridgehead atoms. The summed E-state index contributed by atoms with van der Waals surface area (Å²) in [5, 5.41) is 22.0. The first-order valence-electron chi connectivity index (χ1n) is 5.76. The fourth-order valence-electron chi connectivity index (χ4n) is 1.67. The zero-order chi connectivity index (χ0) is 15.4. The van der Waals surface area contributed by atoms with E-state index in [1.165, 1.54) is 18.2 Å². The average Bonchev–Trinajstić information content (AvgIpc) is 2.47. The number of benzene rings is 2. The molecule has 7 heteroatoms. The highest BCUT2D eigenvalue weighted by Crippen LogP contribution is 2.23. The molecule has 1 amide bonds. The van der Waals surface area contributed by atoms with Crippen LogP contribution in [0.15, 0.2) is 42.5 Å². The summed E-state index contributed by atoms with van der Waals surface area (Å²) in [7, 11) is 0. The van der Waals surface area contributed by atoms with Crippen LogP contribution in [0.25, 0.3) is 0 Å². The number of non-ortho nitro benzene ring substituents is 1. The van der Waals surface area contributed by atoms with Gasteiger partial charge in [-0.2, -0.15) is 5.26 Å². The number of carbonyl (C=O) groups excluding carboxylic acids is 1. The number of amides is 1. The third kappa shape index (κ3) is 3.35. The van der Waals surface area contributed by atoms with Crippen molar-refractivity contribution in [1.82, 2.24) is 0 Å². The Morgan fingerprint density at radius 3 is 2.67 bits per heavy atom. The highest BCUT2D eigenvalue weighted by molar-refractivity contribution is 6.34. The molecule has 0 saturated carbocycles. The van der Waals surface area contributed by atoms with Crippen LogP contribution in [0, 0.1) is 21.4 Å². The lowest BCUT2D eigenvalue weighted by Crippen LogP contribution is -2.12. The molecule has 0 fully saturated rings. The van der Waals surface area contributed by atoms with Gasteiger partial charge in [-0.3, -0.25) is 14.9 Å². The number of halogens is 1. The van der Waals surface area contributed by atoms with E-state index in [2.05, 4.69) is 5.32 Å². The molecule has 1 N–H and O–H groups in total. The van der Waals surface area contributed by atoms with Gasteiger partial charge in [-0.25, -0.2) is 0 Å². The Balaban J connectivity index is 2.24. The second kappa shape index (κ2) is 6.03. The van der Waals surface area contributed by atoms with E-state index in [0.29, 0.717) is 11.3 Å². The first kappa shape index (κ1) is 14.5. The van der Waals surface area contributed by atoms with Gasteiger partial charge in [0.05, 0.1) is 27.1 Å². The third-order valence-electron chi connectivity index (χ3n) is 2.66. The summed E-state index contributed by atoms with van der Waals surface area (Å²) in [6, 6.07) is 11.9. The molecule has 0 aromatic heterocycles. The zero-order valence-corrected chi connectivity index (χ0v) is 11.3. The van der Waals surface area contributed by atoms with E-state index in [1.54, 1.807) is 18.2 Å². The highest BCUT2D eigenvalue weighted by Gasteiger charge is 2.15. The van der Waals surface area contributed by atoms with E-state index in [4.69, 9.17) is 16.9 Å². The third-order valence-corrected chi connectivity index (χ3v) is 2.97. The Morgan fingerprint density at radius 1 is 1.29 bits per heavy atom. The monoisotopic (exact) mass is 301 g/mol. The van der Waals surface area contributed by atoms with Crippen LogP contribution in [0.5, 0.6) is 0 Å². The summed E-state index contributed by atoms with van der Waals surface area (Å²) in [6.45, 7) is 0. The Morgan fingerprint density at radius 2 is 2.05 bits per heavy atom. The lowest BCUT2D eigenvalue weighted by atomic mass is 10.1. The summed E-state index contributed by atoms with van der Waals surface area (Å²) in [4.78, 5) is 22.1.